The second-order valence-corrected chi connectivity index (χ2v) is 14.7. The Kier molecular flexibility index (Phi) is 8.60. The van der Waals surface area contributed by atoms with Gasteiger partial charge in [0.2, 0.25) is 11.8 Å². The van der Waals surface area contributed by atoms with Gasteiger partial charge >= 0.3 is 0 Å². The molecule has 2 N–H and O–H groups in total. The number of pyridine rings is 2. The third-order valence-electron chi connectivity index (χ3n) is 10.7. The van der Waals surface area contributed by atoms with Crippen LogP contribution >= 0.6 is 23.2 Å². The fraction of sp³-hybridized carbons (Fsp3) is 0.421. The Morgan fingerprint density at radius 3 is 1.42 bits per heavy atom. The molecule has 250 valence electrons. The van der Waals surface area contributed by atoms with Gasteiger partial charge in [-0.1, -0.05) is 71.7 Å². The van der Waals surface area contributed by atoms with Crippen molar-refractivity contribution in [3.63, 3.8) is 0 Å². The summed E-state index contributed by atoms with van der Waals surface area (Å²) in [5, 5.41) is 8.54. The number of aromatic nitrogens is 2. The fourth-order valence-electron chi connectivity index (χ4n) is 8.31. The number of nitrogens with zero attached hydrogens (tertiary/aromatic N) is 4. The van der Waals surface area contributed by atoms with Crippen LogP contribution in [0.1, 0.15) is 36.8 Å². The van der Waals surface area contributed by atoms with E-state index in [0.29, 0.717) is 32.9 Å². The maximum absolute atomic E-state index is 7.15. The van der Waals surface area contributed by atoms with Crippen LogP contribution in [0, 0.1) is 0 Å². The molecule has 0 aliphatic carbocycles. The number of hydrogen-bond donors (Lipinski definition) is 2. The van der Waals surface area contributed by atoms with Crippen LogP contribution < -0.4 is 20.1 Å². The third-order valence-corrected chi connectivity index (χ3v) is 11.5. The molecule has 6 heterocycles. The summed E-state index contributed by atoms with van der Waals surface area (Å²) in [6.07, 6.45) is 5.04. The molecule has 0 unspecified atom stereocenters. The molecule has 0 saturated carbocycles. The number of ether oxygens (including phenoxy) is 2. The lowest BCUT2D eigenvalue weighted by Gasteiger charge is -2.48. The van der Waals surface area contributed by atoms with Crippen LogP contribution in [0.2, 0.25) is 10.0 Å². The summed E-state index contributed by atoms with van der Waals surface area (Å²) < 4.78 is 11.5. The second-order valence-electron chi connectivity index (χ2n) is 14.0. The number of likely N-dealkylation sites (tertiary alicyclic amines) is 2. The predicted molar refractivity (Wildman–Crippen MR) is 192 cm³/mol. The van der Waals surface area contributed by atoms with Crippen molar-refractivity contribution in [2.45, 2.75) is 49.9 Å². The number of rotatable bonds is 9. The normalized spacial score (nSPS) is 19.8. The van der Waals surface area contributed by atoms with Crippen molar-refractivity contribution in [3.8, 4) is 45.4 Å². The molecule has 2 aromatic carbocycles. The van der Waals surface area contributed by atoms with E-state index in [-0.39, 0.29) is 0 Å². The predicted octanol–water partition coefficient (Wildman–Crippen LogP) is 6.68. The van der Waals surface area contributed by atoms with Crippen LogP contribution in [0.5, 0.6) is 11.8 Å². The van der Waals surface area contributed by atoms with Gasteiger partial charge < -0.3 is 20.1 Å². The van der Waals surface area contributed by atoms with Crippen LogP contribution in [-0.4, -0.2) is 84.3 Å². The van der Waals surface area contributed by atoms with Crippen molar-refractivity contribution in [1.29, 1.82) is 0 Å². The topological polar surface area (TPSA) is 74.8 Å². The van der Waals surface area contributed by atoms with E-state index in [1.165, 1.54) is 25.7 Å². The molecular weight excluding hydrogens is 643 g/mol. The highest BCUT2D eigenvalue weighted by Gasteiger charge is 2.45. The zero-order chi connectivity index (χ0) is 32.9. The summed E-state index contributed by atoms with van der Waals surface area (Å²) in [6, 6.07) is 20.2. The van der Waals surface area contributed by atoms with E-state index in [4.69, 9.17) is 42.6 Å². The van der Waals surface area contributed by atoms with Crippen LogP contribution in [0.4, 0.5) is 0 Å². The van der Waals surface area contributed by atoms with Crippen molar-refractivity contribution in [2.75, 3.05) is 53.5 Å². The Morgan fingerprint density at radius 1 is 0.625 bits per heavy atom. The Hall–Kier alpha value is -3.24. The zero-order valence-electron chi connectivity index (χ0n) is 27.6. The Balaban J connectivity index is 1.03. The van der Waals surface area contributed by atoms with Gasteiger partial charge in [-0.05, 0) is 50.9 Å². The van der Waals surface area contributed by atoms with Gasteiger partial charge in [-0.2, -0.15) is 0 Å². The van der Waals surface area contributed by atoms with E-state index < -0.39 is 0 Å². The molecule has 0 amide bonds. The second kappa shape index (κ2) is 12.9. The van der Waals surface area contributed by atoms with Crippen molar-refractivity contribution >= 4 is 23.2 Å². The first kappa shape index (κ1) is 32.0. The van der Waals surface area contributed by atoms with Crippen molar-refractivity contribution < 1.29 is 9.47 Å². The quantitative estimate of drug-likeness (QED) is 0.202. The van der Waals surface area contributed by atoms with Gasteiger partial charge in [0.15, 0.2) is 0 Å². The summed E-state index contributed by atoms with van der Waals surface area (Å²) >= 11 is 14.3. The molecule has 2 spiro atoms. The molecule has 0 radical (unpaired) electrons. The standard InChI is InChI=1S/C38H42Cl2N6O2/c1-47-35-25(19-45-21-37(22-45)15-5-17-41-37)11-13-31(43-35)29-9-3-7-27(33(29)39)28-8-4-10-30(34(28)40)32-14-12-26(36(44-32)48-2)20-46-23-38(24-46)16-6-18-42-38/h3-4,7-14,41-42H,5-6,15-24H2,1-2H3. The zero-order valence-corrected chi connectivity index (χ0v) is 29.1. The minimum atomic E-state index is 0.309. The molecular formula is C38H42Cl2N6O2. The fourth-order valence-corrected chi connectivity index (χ4v) is 8.96. The summed E-state index contributed by atoms with van der Waals surface area (Å²) in [6.45, 7) is 8.13. The van der Waals surface area contributed by atoms with Gasteiger partial charge in [0.05, 0.1) is 35.7 Å². The number of nitrogens with one attached hydrogen (secondary N) is 2. The van der Waals surface area contributed by atoms with Gasteiger partial charge in [0, 0.05) is 83.7 Å². The van der Waals surface area contributed by atoms with Crippen LogP contribution in [0.25, 0.3) is 33.6 Å². The largest absolute Gasteiger partial charge is 0.481 e. The molecule has 0 atom stereocenters. The lowest BCUT2D eigenvalue weighted by Crippen LogP contribution is -2.66. The Labute approximate surface area is 292 Å². The summed E-state index contributed by atoms with van der Waals surface area (Å²) in [4.78, 5) is 14.7. The van der Waals surface area contributed by atoms with Crippen LogP contribution in [-0.2, 0) is 13.1 Å². The summed E-state index contributed by atoms with van der Waals surface area (Å²) in [5.41, 5.74) is 7.58. The van der Waals surface area contributed by atoms with Crippen molar-refractivity contribution in [2.24, 2.45) is 0 Å². The van der Waals surface area contributed by atoms with E-state index >= 15 is 0 Å². The summed E-state index contributed by atoms with van der Waals surface area (Å²) in [5.74, 6) is 1.25. The first-order valence-corrected chi connectivity index (χ1v) is 17.7. The lowest BCUT2D eigenvalue weighted by atomic mass is 9.88. The van der Waals surface area contributed by atoms with Crippen molar-refractivity contribution in [3.05, 3.63) is 81.8 Å². The van der Waals surface area contributed by atoms with Gasteiger partial charge in [-0.25, -0.2) is 9.97 Å². The average Bonchev–Trinajstić information content (AvgIpc) is 3.77. The minimum absolute atomic E-state index is 0.309. The molecule has 4 aromatic rings. The van der Waals surface area contributed by atoms with Gasteiger partial charge in [0.1, 0.15) is 0 Å². The lowest BCUT2D eigenvalue weighted by molar-refractivity contribution is 0.0478. The number of hydrogen-bond acceptors (Lipinski definition) is 8. The van der Waals surface area contributed by atoms with E-state index in [1.807, 2.05) is 48.5 Å². The number of halogens is 2. The number of methoxy groups -OCH3 is 2. The van der Waals surface area contributed by atoms with E-state index in [2.05, 4.69) is 32.6 Å². The Bertz CT molecular complexity index is 1690. The monoisotopic (exact) mass is 684 g/mol. The minimum Gasteiger partial charge on any atom is -0.481 e. The van der Waals surface area contributed by atoms with E-state index in [9.17, 15) is 0 Å². The van der Waals surface area contributed by atoms with Gasteiger partial charge in [-0.15, -0.1) is 0 Å². The molecule has 4 aliphatic rings. The van der Waals surface area contributed by atoms with E-state index in [1.54, 1.807) is 14.2 Å². The highest BCUT2D eigenvalue weighted by atomic mass is 35.5. The maximum atomic E-state index is 7.15. The molecule has 4 saturated heterocycles. The average molecular weight is 686 g/mol. The molecule has 48 heavy (non-hydrogen) atoms. The SMILES string of the molecule is COc1nc(-c2cccc(-c3cccc(-c4ccc(CN5CC6(CCCN6)C5)c(OC)n4)c3Cl)c2Cl)ccc1CN1CC2(CCCN2)C1. The van der Waals surface area contributed by atoms with E-state index in [0.717, 1.165) is 97.1 Å². The summed E-state index contributed by atoms with van der Waals surface area (Å²) in [7, 11) is 3.36. The van der Waals surface area contributed by atoms with Gasteiger partial charge in [0.25, 0.3) is 0 Å². The van der Waals surface area contributed by atoms with Crippen LogP contribution in [0.3, 0.4) is 0 Å². The van der Waals surface area contributed by atoms with Crippen LogP contribution in [0.15, 0.2) is 60.7 Å². The Morgan fingerprint density at radius 2 is 1.04 bits per heavy atom. The molecule has 4 fully saturated rings. The van der Waals surface area contributed by atoms with Gasteiger partial charge in [-0.3, -0.25) is 9.80 Å². The molecule has 8 nitrogen and oxygen atoms in total. The molecule has 2 aromatic heterocycles. The smallest absolute Gasteiger partial charge is 0.218 e. The molecule has 4 aliphatic heterocycles. The molecule has 0 bridgehead atoms. The van der Waals surface area contributed by atoms with Crippen molar-refractivity contribution in [1.82, 2.24) is 30.4 Å². The molecule has 10 heteroatoms. The maximum Gasteiger partial charge on any atom is 0.218 e. The highest BCUT2D eigenvalue weighted by Crippen LogP contribution is 2.43. The first-order valence-electron chi connectivity index (χ1n) is 17.0. The first-order chi connectivity index (χ1) is 23.4. The molecule has 8 rings (SSSR count). The third kappa shape index (κ3) is 5.86. The number of benzene rings is 2. The highest BCUT2D eigenvalue weighted by molar-refractivity contribution is 6.39.